The minimum atomic E-state index is -0.521. The predicted molar refractivity (Wildman–Crippen MR) is 99.9 cm³/mol. The summed E-state index contributed by atoms with van der Waals surface area (Å²) in [6.07, 6.45) is 0. The van der Waals surface area contributed by atoms with Crippen molar-refractivity contribution in [2.45, 2.75) is 13.1 Å². The fourth-order valence-electron chi connectivity index (χ4n) is 2.75. The number of fused-ring (bicyclic) bond motifs is 1. The first-order valence-corrected chi connectivity index (χ1v) is 9.14. The van der Waals surface area contributed by atoms with Crippen molar-refractivity contribution in [3.05, 3.63) is 64.7 Å². The molecule has 0 unspecified atom stereocenters. The van der Waals surface area contributed by atoms with Gasteiger partial charge < -0.3 is 14.8 Å². The highest BCUT2D eigenvalue weighted by Crippen LogP contribution is 2.32. The second-order valence-corrected chi connectivity index (χ2v) is 6.99. The predicted octanol–water partition coefficient (Wildman–Crippen LogP) is 2.95. The Balaban J connectivity index is 1.39. The maximum Gasteiger partial charge on any atom is 0.284 e. The molecule has 3 N–H and O–H groups in total. The zero-order valence-electron chi connectivity index (χ0n) is 14.3. The number of aromatic nitrogens is 1. The molecule has 138 valence electrons. The Bertz CT molecular complexity index is 973. The van der Waals surface area contributed by atoms with Crippen LogP contribution >= 0.6 is 11.3 Å². The van der Waals surface area contributed by atoms with Crippen molar-refractivity contribution >= 4 is 17.2 Å². The van der Waals surface area contributed by atoms with Crippen LogP contribution in [0, 0.1) is 0 Å². The second-order valence-electron chi connectivity index (χ2n) is 5.91. The molecule has 8 heteroatoms. The van der Waals surface area contributed by atoms with E-state index in [-0.39, 0.29) is 6.79 Å². The van der Waals surface area contributed by atoms with Crippen molar-refractivity contribution in [3.8, 4) is 22.1 Å². The molecule has 3 aromatic rings. The van der Waals surface area contributed by atoms with Crippen molar-refractivity contribution in [3.63, 3.8) is 0 Å². The van der Waals surface area contributed by atoms with Crippen LogP contribution in [0.5, 0.6) is 11.5 Å². The molecule has 7 nitrogen and oxygen atoms in total. The SMILES string of the molecule is O=C(NO)c1ccc(-c2cccc(CNCc3ccc4c(c3)OCO4)n2)s1. The fourth-order valence-corrected chi connectivity index (χ4v) is 3.62. The zero-order valence-corrected chi connectivity index (χ0v) is 15.1. The molecule has 1 aromatic carbocycles. The van der Waals surface area contributed by atoms with E-state index in [9.17, 15) is 4.79 Å². The van der Waals surface area contributed by atoms with Gasteiger partial charge in [-0.3, -0.25) is 15.0 Å². The highest BCUT2D eigenvalue weighted by molar-refractivity contribution is 7.17. The Morgan fingerprint density at radius 2 is 2.00 bits per heavy atom. The highest BCUT2D eigenvalue weighted by Gasteiger charge is 2.13. The van der Waals surface area contributed by atoms with Crippen LogP contribution in [0.15, 0.2) is 48.5 Å². The van der Waals surface area contributed by atoms with Crippen LogP contribution < -0.4 is 20.3 Å². The van der Waals surface area contributed by atoms with Gasteiger partial charge in [0.25, 0.3) is 5.91 Å². The van der Waals surface area contributed by atoms with Gasteiger partial charge in [-0.1, -0.05) is 12.1 Å². The fraction of sp³-hybridized carbons (Fsp3) is 0.158. The number of thiophene rings is 1. The van der Waals surface area contributed by atoms with E-state index in [1.807, 2.05) is 42.5 Å². The normalized spacial score (nSPS) is 12.2. The molecule has 0 aliphatic carbocycles. The topological polar surface area (TPSA) is 92.7 Å². The third-order valence-corrected chi connectivity index (χ3v) is 5.17. The van der Waals surface area contributed by atoms with Gasteiger partial charge in [0, 0.05) is 13.1 Å². The molecule has 4 rings (SSSR count). The first kappa shape index (κ1) is 17.5. The Labute approximate surface area is 159 Å². The standard InChI is InChI=1S/C19H17N3O4S/c23-19(22-24)18-7-6-17(27-18)14-3-1-2-13(21-14)10-20-9-12-4-5-15-16(8-12)26-11-25-15/h1-8,20,24H,9-11H2,(H,22,23). The number of rotatable bonds is 6. The Kier molecular flexibility index (Phi) is 5.01. The second kappa shape index (κ2) is 7.75. The van der Waals surface area contributed by atoms with Crippen LogP contribution in [-0.2, 0) is 13.1 Å². The van der Waals surface area contributed by atoms with Gasteiger partial charge in [0.1, 0.15) is 0 Å². The average Bonchev–Trinajstić information content (AvgIpc) is 3.37. The van der Waals surface area contributed by atoms with Gasteiger partial charge in [-0.05, 0) is 42.0 Å². The largest absolute Gasteiger partial charge is 0.454 e. The summed E-state index contributed by atoms with van der Waals surface area (Å²) in [7, 11) is 0. The van der Waals surface area contributed by atoms with E-state index in [0.29, 0.717) is 18.0 Å². The summed E-state index contributed by atoms with van der Waals surface area (Å²) in [4.78, 5) is 17.4. The first-order chi connectivity index (χ1) is 13.2. The van der Waals surface area contributed by atoms with E-state index in [2.05, 4.69) is 10.3 Å². The average molecular weight is 383 g/mol. The lowest BCUT2D eigenvalue weighted by Gasteiger charge is -2.07. The third kappa shape index (κ3) is 3.92. The number of nitrogens with one attached hydrogen (secondary N) is 2. The molecule has 0 saturated heterocycles. The molecule has 1 aliphatic rings. The number of benzene rings is 1. The number of hydroxylamine groups is 1. The van der Waals surface area contributed by atoms with Crippen LogP contribution in [0.4, 0.5) is 0 Å². The third-order valence-electron chi connectivity index (χ3n) is 4.06. The summed E-state index contributed by atoms with van der Waals surface area (Å²) in [6.45, 7) is 1.56. The quantitative estimate of drug-likeness (QED) is 0.448. The number of hydrogen-bond donors (Lipinski definition) is 3. The molecule has 3 heterocycles. The van der Waals surface area contributed by atoms with Gasteiger partial charge in [0.15, 0.2) is 11.5 Å². The Morgan fingerprint density at radius 1 is 1.11 bits per heavy atom. The maximum atomic E-state index is 11.5. The molecular formula is C19H17N3O4S. The number of carbonyl (C=O) groups excluding carboxylic acids is 1. The molecule has 0 atom stereocenters. The van der Waals surface area contributed by atoms with Crippen LogP contribution in [0.3, 0.4) is 0 Å². The zero-order chi connectivity index (χ0) is 18.6. The summed E-state index contributed by atoms with van der Waals surface area (Å²) in [5, 5.41) is 12.1. The van der Waals surface area contributed by atoms with Crippen LogP contribution in [0.2, 0.25) is 0 Å². The monoisotopic (exact) mass is 383 g/mol. The van der Waals surface area contributed by atoms with Gasteiger partial charge in [-0.15, -0.1) is 11.3 Å². The van der Waals surface area contributed by atoms with Crippen molar-refractivity contribution in [2.24, 2.45) is 0 Å². The van der Waals surface area contributed by atoms with E-state index < -0.39 is 5.91 Å². The minimum Gasteiger partial charge on any atom is -0.454 e. The molecule has 0 radical (unpaired) electrons. The summed E-state index contributed by atoms with van der Waals surface area (Å²) in [6, 6.07) is 15.2. The number of pyridine rings is 1. The van der Waals surface area contributed by atoms with E-state index in [1.165, 1.54) is 11.3 Å². The van der Waals surface area contributed by atoms with Crippen molar-refractivity contribution in [1.29, 1.82) is 0 Å². The molecule has 0 fully saturated rings. The highest BCUT2D eigenvalue weighted by atomic mass is 32.1. The van der Waals surface area contributed by atoms with Gasteiger partial charge in [0.2, 0.25) is 6.79 Å². The van der Waals surface area contributed by atoms with E-state index in [0.717, 1.165) is 33.3 Å². The van der Waals surface area contributed by atoms with Gasteiger partial charge in [0.05, 0.1) is 21.1 Å². The molecule has 27 heavy (non-hydrogen) atoms. The van der Waals surface area contributed by atoms with E-state index >= 15 is 0 Å². The lowest BCUT2D eigenvalue weighted by molar-refractivity contribution is 0.0711. The van der Waals surface area contributed by atoms with Crippen molar-refractivity contribution in [1.82, 2.24) is 15.8 Å². The Hall–Kier alpha value is -2.94. The number of nitrogens with zero attached hydrogens (tertiary/aromatic N) is 1. The maximum absolute atomic E-state index is 11.5. The lowest BCUT2D eigenvalue weighted by Crippen LogP contribution is -2.16. The van der Waals surface area contributed by atoms with Gasteiger partial charge in [-0.25, -0.2) is 5.48 Å². The molecule has 0 bridgehead atoms. The van der Waals surface area contributed by atoms with E-state index in [4.69, 9.17) is 14.7 Å². The molecule has 1 amide bonds. The number of amides is 1. The molecule has 0 spiro atoms. The van der Waals surface area contributed by atoms with Gasteiger partial charge in [-0.2, -0.15) is 0 Å². The van der Waals surface area contributed by atoms with Gasteiger partial charge >= 0.3 is 0 Å². The summed E-state index contributed by atoms with van der Waals surface area (Å²) in [5.41, 5.74) is 4.43. The summed E-state index contributed by atoms with van der Waals surface area (Å²) < 4.78 is 10.7. The number of ether oxygens (including phenoxy) is 2. The first-order valence-electron chi connectivity index (χ1n) is 8.33. The minimum absolute atomic E-state index is 0.271. The van der Waals surface area contributed by atoms with Crippen molar-refractivity contribution in [2.75, 3.05) is 6.79 Å². The van der Waals surface area contributed by atoms with Crippen LogP contribution in [0.1, 0.15) is 20.9 Å². The van der Waals surface area contributed by atoms with Crippen LogP contribution in [0.25, 0.3) is 10.6 Å². The summed E-state index contributed by atoms with van der Waals surface area (Å²) >= 11 is 1.28. The van der Waals surface area contributed by atoms with Crippen LogP contribution in [-0.4, -0.2) is 22.9 Å². The number of carbonyl (C=O) groups is 1. The van der Waals surface area contributed by atoms with E-state index in [1.54, 1.807) is 11.5 Å². The molecule has 0 saturated carbocycles. The summed E-state index contributed by atoms with van der Waals surface area (Å²) in [5.74, 6) is 1.03. The molecule has 1 aliphatic heterocycles. The number of hydrogen-bond acceptors (Lipinski definition) is 7. The molecule has 2 aromatic heterocycles. The molecular weight excluding hydrogens is 366 g/mol. The van der Waals surface area contributed by atoms with Crippen molar-refractivity contribution < 1.29 is 19.5 Å². The lowest BCUT2D eigenvalue weighted by atomic mass is 10.2. The smallest absolute Gasteiger partial charge is 0.284 e. The Morgan fingerprint density at radius 3 is 2.89 bits per heavy atom.